The molecule has 20 heavy (non-hydrogen) atoms. The average Bonchev–Trinajstić information content (AvgIpc) is 2.48. The molecule has 0 radical (unpaired) electrons. The molecule has 1 aromatic heterocycles. The topological polar surface area (TPSA) is 71.5 Å². The van der Waals surface area contributed by atoms with Gasteiger partial charge in [-0.2, -0.15) is 0 Å². The third kappa shape index (κ3) is 4.28. The van der Waals surface area contributed by atoms with E-state index in [0.717, 1.165) is 0 Å². The monoisotopic (exact) mass is 341 g/mol. The van der Waals surface area contributed by atoms with Gasteiger partial charge in [0.05, 0.1) is 13.2 Å². The molecule has 0 spiro atoms. The van der Waals surface area contributed by atoms with Gasteiger partial charge in [0.15, 0.2) is 0 Å². The molecule has 0 unspecified atom stereocenters. The molecular weight excluding hydrogens is 326 g/mol. The van der Waals surface area contributed by atoms with E-state index in [1.54, 1.807) is 23.1 Å². The van der Waals surface area contributed by atoms with Gasteiger partial charge in [-0.3, -0.25) is 9.59 Å². The standard InChI is InChI=1S/C13H16BrN3O3/c14-11-3-1-2-10(16-11)13(19)15-5-4-12(18)17-6-8-20-9-7-17/h1-3H,4-9H2,(H,15,19). The van der Waals surface area contributed by atoms with E-state index in [9.17, 15) is 9.59 Å². The maximum Gasteiger partial charge on any atom is 0.269 e. The molecule has 0 atom stereocenters. The molecule has 0 aromatic carbocycles. The summed E-state index contributed by atoms with van der Waals surface area (Å²) in [6.45, 7) is 2.73. The second kappa shape index (κ2) is 7.35. The second-order valence-electron chi connectivity index (χ2n) is 4.34. The van der Waals surface area contributed by atoms with Crippen LogP contribution in [0.3, 0.4) is 0 Å². The van der Waals surface area contributed by atoms with Crippen molar-refractivity contribution in [1.29, 1.82) is 0 Å². The number of pyridine rings is 1. The van der Waals surface area contributed by atoms with Crippen molar-refractivity contribution in [3.63, 3.8) is 0 Å². The summed E-state index contributed by atoms with van der Waals surface area (Å²) in [7, 11) is 0. The van der Waals surface area contributed by atoms with Crippen LogP contribution in [0.5, 0.6) is 0 Å². The Morgan fingerprint density at radius 1 is 1.35 bits per heavy atom. The van der Waals surface area contributed by atoms with Crippen LogP contribution in [0, 0.1) is 0 Å². The predicted molar refractivity (Wildman–Crippen MR) is 76.3 cm³/mol. The van der Waals surface area contributed by atoms with Crippen LogP contribution >= 0.6 is 15.9 Å². The molecule has 7 heteroatoms. The van der Waals surface area contributed by atoms with Gasteiger partial charge in [-0.1, -0.05) is 6.07 Å². The zero-order chi connectivity index (χ0) is 14.4. The second-order valence-corrected chi connectivity index (χ2v) is 5.16. The van der Waals surface area contributed by atoms with Gasteiger partial charge in [0.2, 0.25) is 5.91 Å². The van der Waals surface area contributed by atoms with E-state index in [-0.39, 0.29) is 11.8 Å². The van der Waals surface area contributed by atoms with Gasteiger partial charge in [0.25, 0.3) is 5.91 Å². The summed E-state index contributed by atoms with van der Waals surface area (Å²) in [6, 6.07) is 5.12. The number of hydrogen-bond donors (Lipinski definition) is 1. The number of halogens is 1. The largest absolute Gasteiger partial charge is 0.378 e. The Labute approximate surface area is 125 Å². The highest BCUT2D eigenvalue weighted by molar-refractivity contribution is 9.10. The first-order valence-corrected chi connectivity index (χ1v) is 7.22. The van der Waals surface area contributed by atoms with Crippen LogP contribution in [0.25, 0.3) is 0 Å². The first-order chi connectivity index (χ1) is 9.66. The van der Waals surface area contributed by atoms with Crippen molar-refractivity contribution in [3.8, 4) is 0 Å². The van der Waals surface area contributed by atoms with Crippen LogP contribution in [0.2, 0.25) is 0 Å². The van der Waals surface area contributed by atoms with Crippen LogP contribution in [-0.4, -0.2) is 54.5 Å². The van der Waals surface area contributed by atoms with Crippen molar-refractivity contribution in [3.05, 3.63) is 28.5 Å². The van der Waals surface area contributed by atoms with Crippen LogP contribution in [-0.2, 0) is 9.53 Å². The van der Waals surface area contributed by atoms with Gasteiger partial charge < -0.3 is 15.0 Å². The minimum absolute atomic E-state index is 0.0378. The van der Waals surface area contributed by atoms with Crippen LogP contribution in [0.4, 0.5) is 0 Å². The Kier molecular flexibility index (Phi) is 5.49. The molecule has 2 rings (SSSR count). The number of hydrogen-bond acceptors (Lipinski definition) is 4. The van der Waals surface area contributed by atoms with Gasteiger partial charge in [0, 0.05) is 26.1 Å². The van der Waals surface area contributed by atoms with E-state index < -0.39 is 0 Å². The van der Waals surface area contributed by atoms with Crippen molar-refractivity contribution < 1.29 is 14.3 Å². The van der Waals surface area contributed by atoms with E-state index in [1.165, 1.54) is 0 Å². The van der Waals surface area contributed by atoms with Gasteiger partial charge in [-0.15, -0.1) is 0 Å². The number of carbonyl (C=O) groups excluding carboxylic acids is 2. The average molecular weight is 342 g/mol. The summed E-state index contributed by atoms with van der Waals surface area (Å²) in [6.07, 6.45) is 0.291. The fraction of sp³-hybridized carbons (Fsp3) is 0.462. The zero-order valence-corrected chi connectivity index (χ0v) is 12.6. The normalized spacial score (nSPS) is 14.9. The summed E-state index contributed by atoms with van der Waals surface area (Å²) in [4.78, 5) is 29.5. The molecule has 1 aromatic rings. The van der Waals surface area contributed by atoms with Gasteiger partial charge in [-0.05, 0) is 28.1 Å². The van der Waals surface area contributed by atoms with Crippen molar-refractivity contribution in [2.45, 2.75) is 6.42 Å². The van der Waals surface area contributed by atoms with Gasteiger partial charge >= 0.3 is 0 Å². The highest BCUT2D eigenvalue weighted by atomic mass is 79.9. The summed E-state index contributed by atoms with van der Waals surface area (Å²) in [5, 5.41) is 2.70. The van der Waals surface area contributed by atoms with Gasteiger partial charge in [-0.25, -0.2) is 4.98 Å². The summed E-state index contributed by atoms with van der Waals surface area (Å²) < 4.78 is 5.79. The Morgan fingerprint density at radius 3 is 2.80 bits per heavy atom. The fourth-order valence-electron chi connectivity index (χ4n) is 1.88. The summed E-state index contributed by atoms with van der Waals surface area (Å²) >= 11 is 3.21. The number of carbonyl (C=O) groups is 2. The lowest BCUT2D eigenvalue weighted by Gasteiger charge is -2.26. The SMILES string of the molecule is O=C(NCCC(=O)N1CCOCC1)c1cccc(Br)n1. The molecule has 108 valence electrons. The molecule has 1 N–H and O–H groups in total. The first-order valence-electron chi connectivity index (χ1n) is 6.43. The van der Waals surface area contributed by atoms with Crippen LogP contribution in [0.15, 0.2) is 22.8 Å². The molecule has 1 fully saturated rings. The molecule has 1 aliphatic rings. The highest BCUT2D eigenvalue weighted by Crippen LogP contribution is 2.06. The Morgan fingerprint density at radius 2 is 2.10 bits per heavy atom. The minimum atomic E-state index is -0.277. The maximum atomic E-state index is 11.9. The molecule has 6 nitrogen and oxygen atoms in total. The number of ether oxygens (including phenoxy) is 1. The Hall–Kier alpha value is -1.47. The molecule has 1 aliphatic heterocycles. The number of rotatable bonds is 4. The molecule has 0 bridgehead atoms. The minimum Gasteiger partial charge on any atom is -0.378 e. The first kappa shape index (κ1) is 14.9. The van der Waals surface area contributed by atoms with E-state index in [4.69, 9.17) is 4.74 Å². The van der Waals surface area contributed by atoms with E-state index >= 15 is 0 Å². The molecular formula is C13H16BrN3O3. The van der Waals surface area contributed by atoms with Crippen LogP contribution in [0.1, 0.15) is 16.9 Å². The predicted octanol–water partition coefficient (Wildman–Crippen LogP) is 0.823. The Balaban J connectivity index is 1.75. The third-order valence-electron chi connectivity index (χ3n) is 2.94. The molecule has 0 saturated carbocycles. The number of nitrogens with zero attached hydrogens (tertiary/aromatic N) is 2. The van der Waals surface area contributed by atoms with Crippen molar-refractivity contribution in [2.24, 2.45) is 0 Å². The zero-order valence-electron chi connectivity index (χ0n) is 11.0. The fourth-order valence-corrected chi connectivity index (χ4v) is 2.22. The smallest absolute Gasteiger partial charge is 0.269 e. The van der Waals surface area contributed by atoms with E-state index in [2.05, 4.69) is 26.2 Å². The summed E-state index contributed by atoms with van der Waals surface area (Å²) in [5.74, 6) is -0.239. The highest BCUT2D eigenvalue weighted by Gasteiger charge is 2.16. The number of nitrogens with one attached hydrogen (secondary N) is 1. The lowest BCUT2D eigenvalue weighted by Crippen LogP contribution is -2.42. The molecule has 0 aliphatic carbocycles. The number of aromatic nitrogens is 1. The van der Waals surface area contributed by atoms with Crippen molar-refractivity contribution in [1.82, 2.24) is 15.2 Å². The van der Waals surface area contributed by atoms with Gasteiger partial charge in [0.1, 0.15) is 10.3 Å². The van der Waals surface area contributed by atoms with E-state index in [1.807, 2.05) is 0 Å². The van der Waals surface area contributed by atoms with Crippen LogP contribution < -0.4 is 5.32 Å². The molecule has 2 amide bonds. The number of morpholine rings is 1. The number of amides is 2. The lowest BCUT2D eigenvalue weighted by atomic mass is 10.3. The molecule has 2 heterocycles. The summed E-state index contributed by atoms with van der Waals surface area (Å²) in [5.41, 5.74) is 0.332. The van der Waals surface area contributed by atoms with Crippen molar-refractivity contribution in [2.75, 3.05) is 32.8 Å². The maximum absolute atomic E-state index is 11.9. The lowest BCUT2D eigenvalue weighted by molar-refractivity contribution is -0.135. The Bertz CT molecular complexity index is 490. The third-order valence-corrected chi connectivity index (χ3v) is 3.38. The van der Waals surface area contributed by atoms with Crippen molar-refractivity contribution >= 4 is 27.7 Å². The molecule has 1 saturated heterocycles. The van der Waals surface area contributed by atoms with E-state index in [0.29, 0.717) is 49.6 Å². The quantitative estimate of drug-likeness (QED) is 0.823.